The van der Waals surface area contributed by atoms with Gasteiger partial charge in [-0.3, -0.25) is 9.79 Å². The number of nitriles is 2. The summed E-state index contributed by atoms with van der Waals surface area (Å²) in [6.45, 7) is 14.7. The number of carbonyl (C=O) groups is 1. The second-order valence-electron chi connectivity index (χ2n) is 22.9. The molecular formula is C75H48N6OS6. The molecule has 88 heavy (non-hydrogen) atoms. The first kappa shape index (κ1) is 54.4. The Kier molecular flexibility index (Phi) is 12.7. The fraction of sp³-hybridized carbons (Fsp3) is 0.107. The number of thiazole rings is 3. The van der Waals surface area contributed by atoms with Crippen molar-refractivity contribution in [3.05, 3.63) is 270 Å². The molecule has 3 aliphatic rings. The summed E-state index contributed by atoms with van der Waals surface area (Å²) in [6, 6.07) is 67.7. The van der Waals surface area contributed by atoms with Gasteiger partial charge in [0.1, 0.15) is 37.8 Å². The van der Waals surface area contributed by atoms with E-state index in [4.69, 9.17) is 15.0 Å². The molecule has 13 heteroatoms. The Balaban J connectivity index is 0.900. The maximum atomic E-state index is 13.7. The molecule has 0 saturated carbocycles. The van der Waals surface area contributed by atoms with E-state index >= 15 is 0 Å². The van der Waals surface area contributed by atoms with Gasteiger partial charge in [0.05, 0.1) is 25.6 Å². The molecule has 0 bridgehead atoms. The molecule has 420 valence electrons. The number of carbonyl (C=O) groups excluding carboxylic acids is 1. The van der Waals surface area contributed by atoms with Crippen LogP contribution in [0.15, 0.2) is 197 Å². The number of allylic oxidation sites excluding steroid dienone is 3. The number of Topliss-reactive ketones (excluding diaryl/α,β-unsaturated/α-hetero) is 1. The number of thioether (sulfide) groups is 1. The summed E-state index contributed by atoms with van der Waals surface area (Å²) in [4.78, 5) is 37.5. The summed E-state index contributed by atoms with van der Waals surface area (Å²) in [5.41, 5.74) is 19.8. The maximum Gasteiger partial charge on any atom is 0.194 e. The summed E-state index contributed by atoms with van der Waals surface area (Å²) in [7, 11) is 0. The van der Waals surface area contributed by atoms with E-state index in [2.05, 4.69) is 185 Å². The SMILES string of the molecule is C=Nc1sc(-c2cc3cc4c(cc3s2)-c2cc3c(cc2C4(c2ccc(C)cc2)c2ccc(C)cc2)-c2cc4sc(-c5nc6sc(C)nc6s5)cc4cc2C3(c2ccc(C)cc2)c2ccc(C)cc2)nc1SC/C=C1\C(=O)c2ccccc2C1=C(C#N)C#N. The number of fused-ring (bicyclic) bond motifs is 10. The maximum absolute atomic E-state index is 13.7. The van der Waals surface area contributed by atoms with Gasteiger partial charge in [-0.15, -0.1) is 22.7 Å². The van der Waals surface area contributed by atoms with Gasteiger partial charge in [0.25, 0.3) is 0 Å². The normalized spacial score (nSPS) is 14.5. The molecule has 0 unspecified atom stereocenters. The van der Waals surface area contributed by atoms with Crippen LogP contribution in [0.1, 0.15) is 87.7 Å². The van der Waals surface area contributed by atoms with E-state index in [-0.39, 0.29) is 11.4 Å². The lowest BCUT2D eigenvalue weighted by Crippen LogP contribution is -2.30. The van der Waals surface area contributed by atoms with Gasteiger partial charge in [-0.2, -0.15) is 10.5 Å². The smallest absolute Gasteiger partial charge is 0.194 e. The predicted octanol–water partition coefficient (Wildman–Crippen LogP) is 20.3. The first-order valence-electron chi connectivity index (χ1n) is 28.7. The molecule has 0 saturated heterocycles. The molecule has 0 fully saturated rings. The van der Waals surface area contributed by atoms with E-state index < -0.39 is 10.8 Å². The molecular weight excluding hydrogens is 1190 g/mol. The van der Waals surface area contributed by atoms with E-state index in [1.54, 1.807) is 58.3 Å². The van der Waals surface area contributed by atoms with Gasteiger partial charge in [-0.1, -0.05) is 195 Å². The predicted molar refractivity (Wildman–Crippen MR) is 368 cm³/mol. The Morgan fingerprint density at radius 1 is 0.523 bits per heavy atom. The van der Waals surface area contributed by atoms with Gasteiger partial charge >= 0.3 is 0 Å². The van der Waals surface area contributed by atoms with Crippen LogP contribution in [0.5, 0.6) is 0 Å². The minimum Gasteiger partial charge on any atom is -0.289 e. The van der Waals surface area contributed by atoms with Gasteiger partial charge in [0, 0.05) is 31.9 Å². The summed E-state index contributed by atoms with van der Waals surface area (Å²) >= 11 is 9.82. The van der Waals surface area contributed by atoms with Crippen LogP contribution in [0.3, 0.4) is 0 Å². The lowest BCUT2D eigenvalue weighted by Gasteiger charge is -2.36. The zero-order chi connectivity index (χ0) is 59.9. The average molecular weight is 1240 g/mol. The number of hydrogen-bond acceptors (Lipinski definition) is 13. The third-order valence-electron chi connectivity index (χ3n) is 17.8. The zero-order valence-electron chi connectivity index (χ0n) is 48.2. The zero-order valence-corrected chi connectivity index (χ0v) is 53.1. The molecule has 3 aliphatic carbocycles. The average Bonchev–Trinajstić information content (AvgIpc) is 1.50. The molecule has 0 atom stereocenters. The first-order valence-corrected chi connectivity index (χ1v) is 33.8. The quantitative estimate of drug-likeness (QED) is 0.0579. The molecule has 8 aromatic carbocycles. The third-order valence-corrected chi connectivity index (χ3v) is 24.3. The number of aromatic nitrogens is 3. The van der Waals surface area contributed by atoms with Gasteiger partial charge in [-0.05, 0) is 173 Å². The van der Waals surface area contributed by atoms with Gasteiger partial charge in [-0.25, -0.2) is 15.0 Å². The second-order valence-corrected chi connectivity index (χ2v) is 29.2. The van der Waals surface area contributed by atoms with Crippen LogP contribution in [0.4, 0.5) is 5.00 Å². The third kappa shape index (κ3) is 8.12. The van der Waals surface area contributed by atoms with E-state index in [9.17, 15) is 15.3 Å². The van der Waals surface area contributed by atoms with Crippen LogP contribution in [-0.2, 0) is 10.8 Å². The Bertz CT molecular complexity index is 5190. The van der Waals surface area contributed by atoms with Crippen LogP contribution in [0.2, 0.25) is 0 Å². The Labute approximate surface area is 532 Å². The minimum atomic E-state index is -0.724. The molecule has 7 nitrogen and oxygen atoms in total. The molecule has 0 aliphatic heterocycles. The lowest BCUT2D eigenvalue weighted by atomic mass is 9.65. The number of rotatable bonds is 10. The summed E-state index contributed by atoms with van der Waals surface area (Å²) in [5.74, 6) is 0.158. The van der Waals surface area contributed by atoms with E-state index in [1.165, 1.54) is 122 Å². The van der Waals surface area contributed by atoms with Gasteiger partial charge in [0.2, 0.25) is 0 Å². The summed E-state index contributed by atoms with van der Waals surface area (Å²) in [5, 5.41) is 26.4. The highest BCUT2D eigenvalue weighted by atomic mass is 32.2. The molecule has 13 aromatic rings. The van der Waals surface area contributed by atoms with Crippen molar-refractivity contribution in [1.29, 1.82) is 10.5 Å². The number of hydrogen-bond donors (Lipinski definition) is 0. The summed E-state index contributed by atoms with van der Waals surface area (Å²) in [6.07, 6.45) is 1.80. The van der Waals surface area contributed by atoms with Crippen LogP contribution >= 0.6 is 68.4 Å². The number of aliphatic imine (C=N–C) groups is 1. The molecule has 16 rings (SSSR count). The van der Waals surface area contributed by atoms with Gasteiger partial charge < -0.3 is 0 Å². The molecule has 0 N–H and O–H groups in total. The van der Waals surface area contributed by atoms with Crippen LogP contribution in [0, 0.1) is 57.3 Å². The van der Waals surface area contributed by atoms with Gasteiger partial charge in [0.15, 0.2) is 15.4 Å². The Hall–Kier alpha value is -9.02. The van der Waals surface area contributed by atoms with Crippen molar-refractivity contribution in [2.45, 2.75) is 50.5 Å². The van der Waals surface area contributed by atoms with E-state index in [0.717, 1.165) is 44.5 Å². The van der Waals surface area contributed by atoms with Crippen molar-refractivity contribution in [2.24, 2.45) is 4.99 Å². The largest absolute Gasteiger partial charge is 0.289 e. The number of ketones is 1. The topological polar surface area (TPSA) is 116 Å². The Morgan fingerprint density at radius 2 is 0.966 bits per heavy atom. The van der Waals surface area contributed by atoms with Crippen molar-refractivity contribution >= 4 is 121 Å². The standard InChI is InChI=1S/C75H48N6OS6/c1-39-11-19-47(20-12-39)74(48-21-13-40(2)14-22-48)58-29-44-31-64(68-80-71(70(78-6)87-68)83-28-27-53-66(46(37-76)38-77)51-9-7-8-10-52(51)67(53)82)85-62(44)35-56(58)54-33-61-55(34-60(54)74)57-36-63-45(32-65(86-63)69-81-73-72(88-69)79-43(5)84-73)30-59(57)75(61,49-23-15-41(3)16-24-49)50-25-17-42(4)18-26-50/h7-27,29-36H,6,28H2,1-5H3/b53-27-. The highest BCUT2D eigenvalue weighted by molar-refractivity contribution is 7.99. The van der Waals surface area contributed by atoms with Crippen LogP contribution in [-0.4, -0.2) is 33.2 Å². The number of nitrogens with zero attached hydrogens (tertiary/aromatic N) is 6. The van der Waals surface area contributed by atoms with Crippen LogP contribution in [0.25, 0.3) is 77.4 Å². The monoisotopic (exact) mass is 1240 g/mol. The fourth-order valence-electron chi connectivity index (χ4n) is 13.7. The second kappa shape index (κ2) is 20.5. The highest BCUT2D eigenvalue weighted by Crippen LogP contribution is 2.64. The molecule has 0 spiro atoms. The van der Waals surface area contributed by atoms with E-state index in [0.29, 0.717) is 38.1 Å². The van der Waals surface area contributed by atoms with Crippen molar-refractivity contribution < 1.29 is 4.79 Å². The number of thiophene rings is 2. The van der Waals surface area contributed by atoms with Crippen molar-refractivity contribution in [3.8, 4) is 54.2 Å². The minimum absolute atomic E-state index is 0.0875. The molecule has 5 aromatic heterocycles. The van der Waals surface area contributed by atoms with Crippen molar-refractivity contribution in [3.63, 3.8) is 0 Å². The fourth-order valence-corrected chi connectivity index (χ4v) is 19.8. The first-order chi connectivity index (χ1) is 42.8. The Morgan fingerprint density at radius 3 is 1.43 bits per heavy atom. The highest BCUT2D eigenvalue weighted by Gasteiger charge is 2.52. The molecule has 5 heterocycles. The number of aryl methyl sites for hydroxylation is 5. The van der Waals surface area contributed by atoms with Crippen LogP contribution < -0.4 is 0 Å². The van der Waals surface area contributed by atoms with Crippen molar-refractivity contribution in [1.82, 2.24) is 15.0 Å². The molecule has 0 amide bonds. The molecule has 0 radical (unpaired) electrons. The van der Waals surface area contributed by atoms with Crippen molar-refractivity contribution in [2.75, 3.05) is 5.75 Å². The number of benzene rings is 8. The summed E-state index contributed by atoms with van der Waals surface area (Å²) < 4.78 is 2.36. The van der Waals surface area contributed by atoms with E-state index in [1.807, 2.05) is 36.5 Å². The lowest BCUT2D eigenvalue weighted by molar-refractivity contribution is 0.104.